The fourth-order valence-corrected chi connectivity index (χ4v) is 3.96. The fourth-order valence-electron chi connectivity index (χ4n) is 3.96. The molecule has 1 heterocycles. The van der Waals surface area contributed by atoms with Gasteiger partial charge in [0.25, 0.3) is 5.91 Å². The van der Waals surface area contributed by atoms with Crippen molar-refractivity contribution in [3.05, 3.63) is 60.2 Å². The number of ether oxygens (including phenoxy) is 1. The standard InChI is InChI=1S/C27H34N4O4/c1-7-30(8-2)24(32)16-31-22-15-21(12-13-23(22)35-17-25(31)33)28-26(34)29-27(5,6)20-11-9-10-19(14-20)18(3)4/h9-15H,3,7-8,16-17H2,1-2,4-6H3,(H2,28,29,34). The summed E-state index contributed by atoms with van der Waals surface area (Å²) in [7, 11) is 0. The molecule has 0 radical (unpaired) electrons. The second kappa shape index (κ2) is 10.6. The highest BCUT2D eigenvalue weighted by atomic mass is 16.5. The molecule has 4 amide bonds. The summed E-state index contributed by atoms with van der Waals surface area (Å²) in [5, 5.41) is 5.83. The molecule has 0 unspecified atom stereocenters. The maximum Gasteiger partial charge on any atom is 0.319 e. The van der Waals surface area contributed by atoms with E-state index in [2.05, 4.69) is 17.2 Å². The number of amides is 4. The van der Waals surface area contributed by atoms with Crippen LogP contribution in [0.25, 0.3) is 5.57 Å². The maximum atomic E-state index is 12.9. The van der Waals surface area contributed by atoms with Gasteiger partial charge >= 0.3 is 6.03 Å². The number of nitrogens with one attached hydrogen (secondary N) is 2. The molecule has 2 aromatic carbocycles. The van der Waals surface area contributed by atoms with E-state index >= 15 is 0 Å². The lowest BCUT2D eigenvalue weighted by Gasteiger charge is -2.31. The Kier molecular flexibility index (Phi) is 7.84. The van der Waals surface area contributed by atoms with Crippen molar-refractivity contribution < 1.29 is 19.1 Å². The average Bonchev–Trinajstić information content (AvgIpc) is 2.81. The fraction of sp³-hybridized carbons (Fsp3) is 0.370. The number of likely N-dealkylation sites (N-methyl/N-ethyl adjacent to an activating group) is 1. The van der Waals surface area contributed by atoms with Crippen LogP contribution in [0, 0.1) is 0 Å². The first-order valence-corrected chi connectivity index (χ1v) is 11.8. The van der Waals surface area contributed by atoms with Crippen LogP contribution in [0.2, 0.25) is 0 Å². The summed E-state index contributed by atoms with van der Waals surface area (Å²) in [5.41, 5.74) is 3.18. The van der Waals surface area contributed by atoms with E-state index in [4.69, 9.17) is 4.74 Å². The first-order valence-electron chi connectivity index (χ1n) is 11.8. The summed E-state index contributed by atoms with van der Waals surface area (Å²) < 4.78 is 5.54. The molecule has 3 rings (SSSR count). The Balaban J connectivity index is 1.77. The van der Waals surface area contributed by atoms with Crippen LogP contribution in [0.15, 0.2) is 49.0 Å². The van der Waals surface area contributed by atoms with E-state index < -0.39 is 11.6 Å². The minimum Gasteiger partial charge on any atom is -0.482 e. The highest BCUT2D eigenvalue weighted by Crippen LogP contribution is 2.34. The van der Waals surface area contributed by atoms with Crippen molar-refractivity contribution >= 4 is 34.8 Å². The molecule has 1 aliphatic rings. The van der Waals surface area contributed by atoms with Crippen LogP contribution in [0.4, 0.5) is 16.2 Å². The van der Waals surface area contributed by atoms with Crippen LogP contribution >= 0.6 is 0 Å². The number of fused-ring (bicyclic) bond motifs is 1. The van der Waals surface area contributed by atoms with Crippen molar-refractivity contribution in [2.45, 2.75) is 40.2 Å². The predicted molar refractivity (Wildman–Crippen MR) is 139 cm³/mol. The number of urea groups is 1. The van der Waals surface area contributed by atoms with Gasteiger partial charge in [-0.25, -0.2) is 4.79 Å². The number of nitrogens with zero attached hydrogens (tertiary/aromatic N) is 2. The SMILES string of the molecule is C=C(C)c1cccc(C(C)(C)NC(=O)Nc2ccc3c(c2)N(CC(=O)N(CC)CC)C(=O)CO3)c1. The highest BCUT2D eigenvalue weighted by Gasteiger charge is 2.29. The lowest BCUT2D eigenvalue weighted by atomic mass is 9.92. The zero-order chi connectivity index (χ0) is 25.8. The summed E-state index contributed by atoms with van der Waals surface area (Å²) in [6.07, 6.45) is 0. The van der Waals surface area contributed by atoms with Gasteiger partial charge in [-0.2, -0.15) is 0 Å². The number of anilines is 2. The quantitative estimate of drug-likeness (QED) is 0.589. The van der Waals surface area contributed by atoms with Gasteiger partial charge in [0, 0.05) is 18.8 Å². The third-order valence-corrected chi connectivity index (χ3v) is 6.07. The van der Waals surface area contributed by atoms with Crippen LogP contribution in [0.5, 0.6) is 5.75 Å². The van der Waals surface area contributed by atoms with Gasteiger partial charge in [-0.05, 0) is 70.0 Å². The summed E-state index contributed by atoms with van der Waals surface area (Å²) in [6, 6.07) is 12.5. The molecular weight excluding hydrogens is 444 g/mol. The van der Waals surface area contributed by atoms with Crippen molar-refractivity contribution in [2.75, 3.05) is 36.5 Å². The van der Waals surface area contributed by atoms with Crippen molar-refractivity contribution in [1.82, 2.24) is 10.2 Å². The van der Waals surface area contributed by atoms with Gasteiger partial charge in [-0.15, -0.1) is 0 Å². The van der Waals surface area contributed by atoms with Gasteiger partial charge in [0.1, 0.15) is 12.3 Å². The molecule has 2 N–H and O–H groups in total. The first kappa shape index (κ1) is 25.8. The maximum absolute atomic E-state index is 12.9. The van der Waals surface area contributed by atoms with Crippen LogP contribution in [0.1, 0.15) is 45.7 Å². The predicted octanol–water partition coefficient (Wildman–Crippen LogP) is 4.37. The van der Waals surface area contributed by atoms with Gasteiger partial charge in [0.15, 0.2) is 6.61 Å². The highest BCUT2D eigenvalue weighted by molar-refractivity contribution is 6.03. The summed E-state index contributed by atoms with van der Waals surface area (Å²) >= 11 is 0. The molecule has 0 aliphatic carbocycles. The molecule has 8 heteroatoms. The Bertz CT molecular complexity index is 1140. The van der Waals surface area contributed by atoms with E-state index in [1.807, 2.05) is 58.9 Å². The molecule has 0 saturated heterocycles. The Hall–Kier alpha value is -3.81. The number of benzene rings is 2. The van der Waals surface area contributed by atoms with E-state index in [1.54, 1.807) is 23.1 Å². The first-order chi connectivity index (χ1) is 16.6. The summed E-state index contributed by atoms with van der Waals surface area (Å²) in [6.45, 7) is 14.5. The van der Waals surface area contributed by atoms with Gasteiger partial charge in [0.05, 0.1) is 11.2 Å². The van der Waals surface area contributed by atoms with E-state index in [0.717, 1.165) is 16.7 Å². The van der Waals surface area contributed by atoms with Gasteiger partial charge in [0.2, 0.25) is 5.91 Å². The number of hydrogen-bond acceptors (Lipinski definition) is 4. The smallest absolute Gasteiger partial charge is 0.319 e. The average molecular weight is 479 g/mol. The lowest BCUT2D eigenvalue weighted by Crippen LogP contribution is -2.46. The largest absolute Gasteiger partial charge is 0.482 e. The number of carbonyl (C=O) groups excluding carboxylic acids is 3. The molecule has 0 spiro atoms. The molecule has 0 fully saturated rings. The summed E-state index contributed by atoms with van der Waals surface area (Å²) in [5.74, 6) is 0.0315. The van der Waals surface area contributed by atoms with Gasteiger partial charge < -0.3 is 20.3 Å². The van der Waals surface area contributed by atoms with Crippen molar-refractivity contribution in [1.29, 1.82) is 0 Å². The molecular formula is C27H34N4O4. The molecule has 35 heavy (non-hydrogen) atoms. The third-order valence-electron chi connectivity index (χ3n) is 6.07. The van der Waals surface area contributed by atoms with E-state index in [1.165, 1.54) is 4.90 Å². The molecule has 8 nitrogen and oxygen atoms in total. The molecule has 186 valence electrons. The Morgan fingerprint density at radius 3 is 2.51 bits per heavy atom. The third kappa shape index (κ3) is 6.01. The van der Waals surface area contributed by atoms with E-state index in [0.29, 0.717) is 30.2 Å². The van der Waals surface area contributed by atoms with E-state index in [9.17, 15) is 14.4 Å². The minimum atomic E-state index is -0.648. The number of carbonyl (C=O) groups is 3. The van der Waals surface area contributed by atoms with Crippen molar-refractivity contribution in [2.24, 2.45) is 0 Å². The minimum absolute atomic E-state index is 0.0847. The van der Waals surface area contributed by atoms with Crippen molar-refractivity contribution in [3.63, 3.8) is 0 Å². The van der Waals surface area contributed by atoms with Gasteiger partial charge in [-0.3, -0.25) is 14.5 Å². The Morgan fingerprint density at radius 2 is 1.86 bits per heavy atom. The second-order valence-corrected chi connectivity index (χ2v) is 9.08. The topological polar surface area (TPSA) is 91.0 Å². The van der Waals surface area contributed by atoms with E-state index in [-0.39, 0.29) is 25.0 Å². The number of hydrogen-bond donors (Lipinski definition) is 2. The van der Waals surface area contributed by atoms with Crippen molar-refractivity contribution in [3.8, 4) is 5.75 Å². The summed E-state index contributed by atoms with van der Waals surface area (Å²) in [4.78, 5) is 41.2. The molecule has 2 aromatic rings. The normalized spacial score (nSPS) is 12.9. The zero-order valence-corrected chi connectivity index (χ0v) is 21.1. The van der Waals surface area contributed by atoms with Gasteiger partial charge in [-0.1, -0.05) is 30.4 Å². The van der Waals surface area contributed by atoms with Crippen LogP contribution < -0.4 is 20.3 Å². The zero-order valence-electron chi connectivity index (χ0n) is 21.1. The number of rotatable bonds is 8. The Labute approximate surface area is 206 Å². The molecule has 0 aromatic heterocycles. The molecule has 0 atom stereocenters. The molecule has 0 bridgehead atoms. The van der Waals surface area contributed by atoms with Crippen LogP contribution in [-0.4, -0.2) is 49.0 Å². The lowest BCUT2D eigenvalue weighted by molar-refractivity contribution is -0.131. The van der Waals surface area contributed by atoms with Crippen LogP contribution in [-0.2, 0) is 15.1 Å². The molecule has 1 aliphatic heterocycles. The second-order valence-electron chi connectivity index (χ2n) is 9.08. The number of allylic oxidation sites excluding steroid dienone is 1. The molecule has 0 saturated carbocycles. The monoisotopic (exact) mass is 478 g/mol. The van der Waals surface area contributed by atoms with Crippen LogP contribution in [0.3, 0.4) is 0 Å². The Morgan fingerprint density at radius 1 is 1.14 bits per heavy atom.